The molecule has 1 unspecified atom stereocenters. The van der Waals surface area contributed by atoms with Gasteiger partial charge < -0.3 is 10.0 Å². The summed E-state index contributed by atoms with van der Waals surface area (Å²) < 4.78 is 0. The second-order valence-electron chi connectivity index (χ2n) is 3.16. The van der Waals surface area contributed by atoms with E-state index in [1.165, 1.54) is 0 Å². The van der Waals surface area contributed by atoms with Crippen LogP contribution in [0, 0.1) is 5.92 Å². The SMILES string of the molecule is CC(CC1=NCCN1C)C(=O)O. The summed E-state index contributed by atoms with van der Waals surface area (Å²) in [6.45, 7) is 3.43. The van der Waals surface area contributed by atoms with Gasteiger partial charge in [0.1, 0.15) is 0 Å². The highest BCUT2D eigenvalue weighted by Gasteiger charge is 2.19. The first-order valence-corrected chi connectivity index (χ1v) is 4.08. The Bertz CT molecular complexity index is 213. The Morgan fingerprint density at radius 2 is 2.50 bits per heavy atom. The van der Waals surface area contributed by atoms with Gasteiger partial charge in [0.05, 0.1) is 18.3 Å². The molecule has 0 saturated carbocycles. The minimum atomic E-state index is -0.752. The standard InChI is InChI=1S/C8H14N2O2/c1-6(8(11)12)5-7-9-3-4-10(7)2/h6H,3-5H2,1-2H3,(H,11,12). The molecule has 1 atom stereocenters. The first-order valence-electron chi connectivity index (χ1n) is 4.08. The smallest absolute Gasteiger partial charge is 0.306 e. The lowest BCUT2D eigenvalue weighted by atomic mass is 10.1. The Hall–Kier alpha value is -1.06. The Balaban J connectivity index is 2.45. The van der Waals surface area contributed by atoms with Gasteiger partial charge in [-0.25, -0.2) is 0 Å². The first kappa shape index (κ1) is 9.03. The molecule has 4 nitrogen and oxygen atoms in total. The van der Waals surface area contributed by atoms with Crippen molar-refractivity contribution < 1.29 is 9.90 Å². The van der Waals surface area contributed by atoms with Crippen molar-refractivity contribution in [3.8, 4) is 0 Å². The van der Waals surface area contributed by atoms with E-state index in [9.17, 15) is 4.79 Å². The minimum Gasteiger partial charge on any atom is -0.481 e. The summed E-state index contributed by atoms with van der Waals surface area (Å²) >= 11 is 0. The van der Waals surface area contributed by atoms with Crippen LogP contribution in [0.3, 0.4) is 0 Å². The normalized spacial score (nSPS) is 19.2. The molecular formula is C8H14N2O2. The zero-order valence-electron chi connectivity index (χ0n) is 7.45. The fourth-order valence-corrected chi connectivity index (χ4v) is 1.16. The molecule has 0 amide bonds. The summed E-state index contributed by atoms with van der Waals surface area (Å²) in [5.41, 5.74) is 0. The van der Waals surface area contributed by atoms with E-state index in [0.717, 1.165) is 18.9 Å². The zero-order valence-corrected chi connectivity index (χ0v) is 7.45. The van der Waals surface area contributed by atoms with Crippen LogP contribution in [0.5, 0.6) is 0 Å². The monoisotopic (exact) mass is 170 g/mol. The Kier molecular flexibility index (Phi) is 2.68. The van der Waals surface area contributed by atoms with Crippen LogP contribution >= 0.6 is 0 Å². The lowest BCUT2D eigenvalue weighted by molar-refractivity contribution is -0.140. The zero-order chi connectivity index (χ0) is 9.14. The third-order valence-corrected chi connectivity index (χ3v) is 2.08. The molecule has 0 aromatic carbocycles. The van der Waals surface area contributed by atoms with Crippen LogP contribution in [-0.2, 0) is 4.79 Å². The van der Waals surface area contributed by atoms with Crippen molar-refractivity contribution in [2.24, 2.45) is 10.9 Å². The van der Waals surface area contributed by atoms with Gasteiger partial charge in [0, 0.05) is 20.0 Å². The molecule has 1 aliphatic heterocycles. The maximum absolute atomic E-state index is 10.5. The number of rotatable bonds is 3. The molecule has 1 N–H and O–H groups in total. The first-order chi connectivity index (χ1) is 5.61. The van der Waals surface area contributed by atoms with Gasteiger partial charge in [-0.05, 0) is 0 Å². The second kappa shape index (κ2) is 3.56. The molecule has 68 valence electrons. The molecule has 12 heavy (non-hydrogen) atoms. The van der Waals surface area contributed by atoms with Gasteiger partial charge in [-0.3, -0.25) is 9.79 Å². The molecule has 1 rings (SSSR count). The number of hydrogen-bond donors (Lipinski definition) is 1. The van der Waals surface area contributed by atoms with Crippen molar-refractivity contribution >= 4 is 11.8 Å². The van der Waals surface area contributed by atoms with Crippen LogP contribution in [0.25, 0.3) is 0 Å². The molecule has 4 heteroatoms. The molecule has 0 saturated heterocycles. The Labute approximate surface area is 71.9 Å². The van der Waals surface area contributed by atoms with Gasteiger partial charge in [0.15, 0.2) is 0 Å². The molecular weight excluding hydrogens is 156 g/mol. The third kappa shape index (κ3) is 1.96. The average Bonchev–Trinajstić information content (AvgIpc) is 2.36. The van der Waals surface area contributed by atoms with Crippen LogP contribution in [0.4, 0.5) is 0 Å². The predicted molar refractivity (Wildman–Crippen MR) is 46.3 cm³/mol. The summed E-state index contributed by atoms with van der Waals surface area (Å²) in [5.74, 6) is -0.160. The van der Waals surface area contributed by atoms with Crippen molar-refractivity contribution in [2.45, 2.75) is 13.3 Å². The molecule has 0 aliphatic carbocycles. The fourth-order valence-electron chi connectivity index (χ4n) is 1.16. The number of nitrogens with zero attached hydrogens (tertiary/aromatic N) is 2. The van der Waals surface area contributed by atoms with Crippen LogP contribution in [0.2, 0.25) is 0 Å². The Morgan fingerprint density at radius 3 is 2.92 bits per heavy atom. The van der Waals surface area contributed by atoms with Gasteiger partial charge in [-0.15, -0.1) is 0 Å². The number of hydrogen-bond acceptors (Lipinski definition) is 3. The van der Waals surface area contributed by atoms with Gasteiger partial charge in [0.2, 0.25) is 0 Å². The van der Waals surface area contributed by atoms with Gasteiger partial charge in [0.25, 0.3) is 0 Å². The number of aliphatic carboxylic acids is 1. The largest absolute Gasteiger partial charge is 0.481 e. The maximum atomic E-state index is 10.5. The highest BCUT2D eigenvalue weighted by Crippen LogP contribution is 2.09. The number of carbonyl (C=O) groups is 1. The molecule has 1 heterocycles. The number of amidine groups is 1. The molecule has 1 aliphatic rings. The number of carboxylic acid groups (broad SMARTS) is 1. The van der Waals surface area contributed by atoms with Crippen LogP contribution in [-0.4, -0.2) is 41.9 Å². The molecule has 0 radical (unpaired) electrons. The maximum Gasteiger partial charge on any atom is 0.306 e. The Morgan fingerprint density at radius 1 is 1.83 bits per heavy atom. The van der Waals surface area contributed by atoms with Crippen molar-refractivity contribution in [1.29, 1.82) is 0 Å². The lowest BCUT2D eigenvalue weighted by Crippen LogP contribution is -2.26. The highest BCUT2D eigenvalue weighted by atomic mass is 16.4. The average molecular weight is 170 g/mol. The van der Waals surface area contributed by atoms with Crippen molar-refractivity contribution in [2.75, 3.05) is 20.1 Å². The number of likely N-dealkylation sites (N-methyl/N-ethyl adjacent to an activating group) is 1. The minimum absolute atomic E-state index is 0.329. The quantitative estimate of drug-likeness (QED) is 0.668. The highest BCUT2D eigenvalue weighted by molar-refractivity contribution is 5.87. The summed E-state index contributed by atoms with van der Waals surface area (Å²) in [5, 5.41) is 8.66. The van der Waals surface area contributed by atoms with Gasteiger partial charge in [-0.2, -0.15) is 0 Å². The second-order valence-corrected chi connectivity index (χ2v) is 3.16. The van der Waals surface area contributed by atoms with E-state index in [2.05, 4.69) is 4.99 Å². The molecule has 0 aromatic heterocycles. The summed E-state index contributed by atoms with van der Waals surface area (Å²) in [6, 6.07) is 0. The van der Waals surface area contributed by atoms with Crippen molar-refractivity contribution in [1.82, 2.24) is 4.90 Å². The van der Waals surface area contributed by atoms with Gasteiger partial charge >= 0.3 is 5.97 Å². The topological polar surface area (TPSA) is 52.9 Å². The van der Waals surface area contributed by atoms with E-state index in [1.54, 1.807) is 6.92 Å². The van der Waals surface area contributed by atoms with Crippen LogP contribution in [0.1, 0.15) is 13.3 Å². The van der Waals surface area contributed by atoms with Gasteiger partial charge in [-0.1, -0.05) is 6.92 Å². The molecule has 0 bridgehead atoms. The third-order valence-electron chi connectivity index (χ3n) is 2.08. The van der Waals surface area contributed by atoms with E-state index in [1.807, 2.05) is 11.9 Å². The number of aliphatic imine (C=N–C) groups is 1. The summed E-state index contributed by atoms with van der Waals surface area (Å²) in [6.07, 6.45) is 0.547. The predicted octanol–water partition coefficient (Wildman–Crippen LogP) is 0.441. The number of carboxylic acids is 1. The van der Waals surface area contributed by atoms with E-state index in [4.69, 9.17) is 5.11 Å². The van der Waals surface area contributed by atoms with Crippen molar-refractivity contribution in [3.63, 3.8) is 0 Å². The summed E-state index contributed by atoms with van der Waals surface area (Å²) in [4.78, 5) is 16.8. The van der Waals surface area contributed by atoms with E-state index >= 15 is 0 Å². The molecule has 0 spiro atoms. The lowest BCUT2D eigenvalue weighted by Gasteiger charge is -2.15. The van der Waals surface area contributed by atoms with E-state index < -0.39 is 5.97 Å². The van der Waals surface area contributed by atoms with Crippen LogP contribution in [0.15, 0.2) is 4.99 Å². The van der Waals surface area contributed by atoms with E-state index in [-0.39, 0.29) is 5.92 Å². The van der Waals surface area contributed by atoms with E-state index in [0.29, 0.717) is 6.42 Å². The fraction of sp³-hybridized carbons (Fsp3) is 0.750. The van der Waals surface area contributed by atoms with Crippen molar-refractivity contribution in [3.05, 3.63) is 0 Å². The summed E-state index contributed by atoms with van der Waals surface area (Å²) in [7, 11) is 1.94. The molecule has 0 aromatic rings. The molecule has 0 fully saturated rings. The van der Waals surface area contributed by atoms with Crippen LogP contribution < -0.4 is 0 Å².